The summed E-state index contributed by atoms with van der Waals surface area (Å²) in [6, 6.07) is 18.3. The number of hydrogen-bond acceptors (Lipinski definition) is 2. The molecule has 0 bridgehead atoms. The first kappa shape index (κ1) is 20.2. The van der Waals surface area contributed by atoms with E-state index >= 15 is 0 Å². The third kappa shape index (κ3) is 4.90. The summed E-state index contributed by atoms with van der Waals surface area (Å²) >= 11 is 0. The Morgan fingerprint density at radius 2 is 1.87 bits per heavy atom. The highest BCUT2D eigenvalue weighted by Crippen LogP contribution is 2.21. The average Bonchev–Trinajstić information content (AvgIpc) is 3.20. The number of aromatic nitrogens is 1. The minimum atomic E-state index is -0.109. The van der Waals surface area contributed by atoms with Crippen molar-refractivity contribution in [3.05, 3.63) is 71.9 Å². The number of H-pyrrole nitrogens is 1. The zero-order chi connectivity index (χ0) is 20.8. The van der Waals surface area contributed by atoms with Crippen molar-refractivity contribution in [3.63, 3.8) is 0 Å². The number of carbonyl (C=O) groups excluding carboxylic acids is 2. The van der Waals surface area contributed by atoms with Crippen LogP contribution in [0.25, 0.3) is 10.9 Å². The van der Waals surface area contributed by atoms with E-state index in [0.717, 1.165) is 48.7 Å². The van der Waals surface area contributed by atoms with Gasteiger partial charge in [0.1, 0.15) is 0 Å². The standard InChI is InChI=1S/C25H29N3O2/c29-24(16-21-17-27-23-13-5-4-12-22(21)23)28-15-7-11-20(18-28)25(30)26-14-6-10-19-8-2-1-3-9-19/h1-5,8-9,12-13,17,20,27H,6-7,10-11,14-16,18H2,(H,26,30)/t20-/m0/s1. The fraction of sp³-hybridized carbons (Fsp3) is 0.360. The van der Waals surface area contributed by atoms with Gasteiger partial charge in [-0.05, 0) is 42.9 Å². The topological polar surface area (TPSA) is 65.2 Å². The summed E-state index contributed by atoms with van der Waals surface area (Å²) in [4.78, 5) is 30.6. The molecule has 30 heavy (non-hydrogen) atoms. The quantitative estimate of drug-likeness (QED) is 0.591. The number of hydrogen-bond donors (Lipinski definition) is 2. The number of carbonyl (C=O) groups is 2. The Labute approximate surface area is 177 Å². The molecule has 0 saturated carbocycles. The third-order valence-corrected chi connectivity index (χ3v) is 5.95. The monoisotopic (exact) mass is 403 g/mol. The Morgan fingerprint density at radius 3 is 2.73 bits per heavy atom. The maximum absolute atomic E-state index is 12.9. The minimum Gasteiger partial charge on any atom is -0.361 e. The van der Waals surface area contributed by atoms with Crippen LogP contribution in [-0.2, 0) is 22.4 Å². The van der Waals surface area contributed by atoms with E-state index in [1.807, 2.05) is 53.6 Å². The van der Waals surface area contributed by atoms with E-state index in [2.05, 4.69) is 22.4 Å². The molecule has 1 atom stereocenters. The predicted octanol–water partition coefficient (Wildman–Crippen LogP) is 3.70. The summed E-state index contributed by atoms with van der Waals surface area (Å²) in [7, 11) is 0. The van der Waals surface area contributed by atoms with Crippen LogP contribution >= 0.6 is 0 Å². The van der Waals surface area contributed by atoms with E-state index in [9.17, 15) is 9.59 Å². The molecule has 0 unspecified atom stereocenters. The van der Waals surface area contributed by atoms with E-state index in [1.165, 1.54) is 5.56 Å². The summed E-state index contributed by atoms with van der Waals surface area (Å²) < 4.78 is 0. The van der Waals surface area contributed by atoms with Crippen LogP contribution in [0.3, 0.4) is 0 Å². The molecule has 1 aromatic heterocycles. The van der Waals surface area contributed by atoms with E-state index in [-0.39, 0.29) is 17.7 Å². The SMILES string of the molecule is O=C(NCCCc1ccccc1)[C@H]1CCCN(C(=O)Cc2c[nH]c3ccccc23)C1. The van der Waals surface area contributed by atoms with Crippen LogP contribution in [0.4, 0.5) is 0 Å². The summed E-state index contributed by atoms with van der Waals surface area (Å²) in [5.74, 6) is 0.0661. The van der Waals surface area contributed by atoms with Crippen molar-refractivity contribution < 1.29 is 9.59 Å². The van der Waals surface area contributed by atoms with Crippen molar-refractivity contribution >= 4 is 22.7 Å². The number of benzene rings is 2. The molecule has 1 saturated heterocycles. The molecule has 5 heteroatoms. The van der Waals surface area contributed by atoms with Crippen LogP contribution in [0.5, 0.6) is 0 Å². The second kappa shape index (κ2) is 9.61. The lowest BCUT2D eigenvalue weighted by Crippen LogP contribution is -2.46. The van der Waals surface area contributed by atoms with E-state index in [1.54, 1.807) is 0 Å². The van der Waals surface area contributed by atoms with Crippen LogP contribution in [0, 0.1) is 5.92 Å². The van der Waals surface area contributed by atoms with E-state index in [4.69, 9.17) is 0 Å². The van der Waals surface area contributed by atoms with E-state index in [0.29, 0.717) is 19.5 Å². The molecule has 2 amide bonds. The van der Waals surface area contributed by atoms with Gasteiger partial charge in [0.15, 0.2) is 0 Å². The number of likely N-dealkylation sites (tertiary alicyclic amines) is 1. The van der Waals surface area contributed by atoms with Crippen molar-refractivity contribution in [1.29, 1.82) is 0 Å². The van der Waals surface area contributed by atoms with Gasteiger partial charge in [-0.3, -0.25) is 9.59 Å². The summed E-state index contributed by atoms with van der Waals surface area (Å²) in [5, 5.41) is 4.16. The molecule has 0 aliphatic carbocycles. The zero-order valence-corrected chi connectivity index (χ0v) is 17.3. The molecule has 1 fully saturated rings. The van der Waals surface area contributed by atoms with Gasteiger partial charge in [-0.15, -0.1) is 0 Å². The molecule has 5 nitrogen and oxygen atoms in total. The van der Waals surface area contributed by atoms with Crippen LogP contribution in [0.15, 0.2) is 60.8 Å². The molecule has 2 N–H and O–H groups in total. The predicted molar refractivity (Wildman–Crippen MR) is 119 cm³/mol. The second-order valence-electron chi connectivity index (χ2n) is 8.10. The number of fused-ring (bicyclic) bond motifs is 1. The normalized spacial score (nSPS) is 16.5. The molecule has 3 aromatic rings. The lowest BCUT2D eigenvalue weighted by Gasteiger charge is -2.32. The molecule has 4 rings (SSSR count). The fourth-order valence-corrected chi connectivity index (χ4v) is 4.26. The number of rotatable bonds is 7. The lowest BCUT2D eigenvalue weighted by molar-refractivity contribution is -0.135. The highest BCUT2D eigenvalue weighted by molar-refractivity contribution is 5.89. The molecular formula is C25H29N3O2. The first-order valence-corrected chi connectivity index (χ1v) is 10.8. The van der Waals surface area contributed by atoms with Crippen LogP contribution < -0.4 is 5.32 Å². The highest BCUT2D eigenvalue weighted by atomic mass is 16.2. The zero-order valence-electron chi connectivity index (χ0n) is 17.3. The third-order valence-electron chi connectivity index (χ3n) is 5.95. The lowest BCUT2D eigenvalue weighted by atomic mass is 9.96. The largest absolute Gasteiger partial charge is 0.361 e. The summed E-state index contributed by atoms with van der Waals surface area (Å²) in [5.41, 5.74) is 3.35. The molecule has 0 spiro atoms. The van der Waals surface area contributed by atoms with Crippen molar-refractivity contribution in [2.24, 2.45) is 5.92 Å². The first-order chi connectivity index (χ1) is 14.7. The average molecular weight is 404 g/mol. The van der Waals surface area contributed by atoms with Gasteiger partial charge in [0.25, 0.3) is 0 Å². The maximum atomic E-state index is 12.9. The van der Waals surface area contributed by atoms with Crippen LogP contribution in [0.1, 0.15) is 30.4 Å². The number of para-hydroxylation sites is 1. The maximum Gasteiger partial charge on any atom is 0.227 e. The van der Waals surface area contributed by atoms with Crippen molar-refractivity contribution in [2.75, 3.05) is 19.6 Å². The Morgan fingerprint density at radius 1 is 1.07 bits per heavy atom. The van der Waals surface area contributed by atoms with Gasteiger partial charge in [-0.2, -0.15) is 0 Å². The van der Waals surface area contributed by atoms with Gasteiger partial charge < -0.3 is 15.2 Å². The van der Waals surface area contributed by atoms with Gasteiger partial charge in [-0.1, -0.05) is 48.5 Å². The van der Waals surface area contributed by atoms with Crippen LogP contribution in [0.2, 0.25) is 0 Å². The van der Waals surface area contributed by atoms with Gasteiger partial charge in [-0.25, -0.2) is 0 Å². The molecule has 2 aromatic carbocycles. The van der Waals surface area contributed by atoms with Crippen molar-refractivity contribution in [1.82, 2.24) is 15.2 Å². The summed E-state index contributed by atoms with van der Waals surface area (Å²) in [6.07, 6.45) is 5.90. The van der Waals surface area contributed by atoms with Gasteiger partial charge >= 0.3 is 0 Å². The Balaban J connectivity index is 1.26. The Hall–Kier alpha value is -3.08. The number of amides is 2. The number of aromatic amines is 1. The molecule has 1 aliphatic heterocycles. The van der Waals surface area contributed by atoms with Gasteiger partial charge in [0.2, 0.25) is 11.8 Å². The first-order valence-electron chi connectivity index (χ1n) is 10.8. The highest BCUT2D eigenvalue weighted by Gasteiger charge is 2.28. The van der Waals surface area contributed by atoms with Crippen LogP contribution in [-0.4, -0.2) is 41.3 Å². The number of nitrogens with one attached hydrogen (secondary N) is 2. The fourth-order valence-electron chi connectivity index (χ4n) is 4.26. The molecule has 1 aliphatic rings. The molecular weight excluding hydrogens is 374 g/mol. The number of aryl methyl sites for hydroxylation is 1. The van der Waals surface area contributed by atoms with Gasteiger partial charge in [0, 0.05) is 36.7 Å². The second-order valence-corrected chi connectivity index (χ2v) is 8.10. The van der Waals surface area contributed by atoms with Gasteiger partial charge in [0.05, 0.1) is 12.3 Å². The van der Waals surface area contributed by atoms with Crippen molar-refractivity contribution in [2.45, 2.75) is 32.1 Å². The molecule has 0 radical (unpaired) electrons. The Bertz CT molecular complexity index is 996. The van der Waals surface area contributed by atoms with Crippen molar-refractivity contribution in [3.8, 4) is 0 Å². The smallest absolute Gasteiger partial charge is 0.227 e. The number of nitrogens with zero attached hydrogens (tertiary/aromatic N) is 1. The minimum absolute atomic E-state index is 0.0765. The Kier molecular flexibility index (Phi) is 6.47. The number of piperidine rings is 1. The van der Waals surface area contributed by atoms with E-state index < -0.39 is 0 Å². The summed E-state index contributed by atoms with van der Waals surface area (Å²) in [6.45, 7) is 1.93. The molecule has 156 valence electrons. The molecule has 2 heterocycles.